The van der Waals surface area contributed by atoms with Gasteiger partial charge in [-0.15, -0.1) is 0 Å². The van der Waals surface area contributed by atoms with E-state index in [4.69, 9.17) is 23.7 Å². The largest absolute Gasteiger partial charge is 0.493 e. The van der Waals surface area contributed by atoms with E-state index >= 15 is 0 Å². The Morgan fingerprint density at radius 3 is 2.48 bits per heavy atom. The second-order valence-electron chi connectivity index (χ2n) is 10.7. The third-order valence-corrected chi connectivity index (χ3v) is 9.12. The van der Waals surface area contributed by atoms with E-state index in [9.17, 15) is 18.8 Å². The number of carbonyl (C=O) groups is 2. The molecule has 0 bridgehead atoms. The summed E-state index contributed by atoms with van der Waals surface area (Å²) in [6, 6.07) is 13.8. The quantitative estimate of drug-likeness (QED) is 0.168. The Kier molecular flexibility index (Phi) is 11.8. The lowest BCUT2D eigenvalue weighted by atomic mass is 9.95. The second kappa shape index (κ2) is 16.2. The number of esters is 2. The van der Waals surface area contributed by atoms with Crippen molar-refractivity contribution < 1.29 is 42.4 Å². The number of allylic oxidation sites excluding steroid dienone is 1. The number of aromatic nitrogens is 1. The molecule has 0 N–H and O–H groups in total. The molecule has 0 spiro atoms. The van der Waals surface area contributed by atoms with Gasteiger partial charge >= 0.3 is 11.9 Å². The maximum atomic E-state index is 14.2. The van der Waals surface area contributed by atoms with E-state index in [1.54, 1.807) is 75.4 Å². The summed E-state index contributed by atoms with van der Waals surface area (Å²) in [6.07, 6.45) is 1.69. The zero-order chi connectivity index (χ0) is 35.9. The van der Waals surface area contributed by atoms with Crippen LogP contribution in [0.25, 0.3) is 6.08 Å². The molecule has 14 heteroatoms. The highest BCUT2D eigenvalue weighted by atomic mass is 79.9. The molecule has 1 aliphatic heterocycles. The average Bonchev–Trinajstić information content (AvgIpc) is 3.40. The molecule has 0 amide bonds. The molecule has 1 aromatic heterocycles. The fourth-order valence-corrected chi connectivity index (χ4v) is 6.89. The fraction of sp³-hybridized carbons (Fsp3) is 0.278. The third-order valence-electron chi connectivity index (χ3n) is 7.55. The van der Waals surface area contributed by atoms with Crippen molar-refractivity contribution in [3.05, 3.63) is 113 Å². The number of fused-ring (bicyclic) bond motifs is 1. The number of carbonyl (C=O) groups excluding carboxylic acids is 2. The highest BCUT2D eigenvalue weighted by Gasteiger charge is 2.34. The van der Waals surface area contributed by atoms with Crippen molar-refractivity contribution in [2.45, 2.75) is 33.4 Å². The minimum Gasteiger partial charge on any atom is -0.493 e. The van der Waals surface area contributed by atoms with Crippen LogP contribution in [0.5, 0.6) is 23.0 Å². The molecule has 11 nitrogen and oxygen atoms in total. The highest BCUT2D eigenvalue weighted by molar-refractivity contribution is 9.10. The Labute approximate surface area is 299 Å². The predicted octanol–water partition coefficient (Wildman–Crippen LogP) is 5.24. The maximum Gasteiger partial charge on any atom is 0.343 e. The molecule has 3 aromatic carbocycles. The predicted molar refractivity (Wildman–Crippen MR) is 187 cm³/mol. The molecular formula is C36H34BrFN2O9S. The first kappa shape index (κ1) is 36.3. The van der Waals surface area contributed by atoms with Crippen LogP contribution in [-0.4, -0.2) is 50.5 Å². The monoisotopic (exact) mass is 768 g/mol. The lowest BCUT2D eigenvalue weighted by Crippen LogP contribution is -2.40. The molecule has 0 radical (unpaired) electrons. The van der Waals surface area contributed by atoms with Gasteiger partial charge in [-0.05, 0) is 84.2 Å². The summed E-state index contributed by atoms with van der Waals surface area (Å²) in [5.41, 5.74) is 1.72. The zero-order valence-electron chi connectivity index (χ0n) is 27.9. The number of nitrogens with zero attached hydrogens (tertiary/aromatic N) is 2. The maximum absolute atomic E-state index is 14.2. The van der Waals surface area contributed by atoms with Crippen molar-refractivity contribution >= 4 is 45.3 Å². The van der Waals surface area contributed by atoms with Crippen molar-refractivity contribution in [2.75, 3.05) is 34.0 Å². The van der Waals surface area contributed by atoms with Gasteiger partial charge in [-0.1, -0.05) is 35.6 Å². The van der Waals surface area contributed by atoms with E-state index in [0.29, 0.717) is 53.4 Å². The van der Waals surface area contributed by atoms with E-state index in [1.165, 1.54) is 24.9 Å². The normalized spacial score (nSPS) is 14.1. The molecule has 262 valence electrons. The summed E-state index contributed by atoms with van der Waals surface area (Å²) in [5, 5.41) is 0. The van der Waals surface area contributed by atoms with Crippen molar-refractivity contribution in [2.24, 2.45) is 4.99 Å². The summed E-state index contributed by atoms with van der Waals surface area (Å²) >= 11 is 4.69. The summed E-state index contributed by atoms with van der Waals surface area (Å²) < 4.78 is 49.6. The first-order valence-corrected chi connectivity index (χ1v) is 17.1. The lowest BCUT2D eigenvalue weighted by molar-refractivity contribution is -0.143. The van der Waals surface area contributed by atoms with E-state index in [1.807, 2.05) is 0 Å². The van der Waals surface area contributed by atoms with Gasteiger partial charge in [-0.25, -0.2) is 19.0 Å². The Balaban J connectivity index is 1.59. The zero-order valence-corrected chi connectivity index (χ0v) is 30.3. The lowest BCUT2D eigenvalue weighted by Gasteiger charge is -2.25. The third kappa shape index (κ3) is 7.76. The molecule has 0 unspecified atom stereocenters. The minimum absolute atomic E-state index is 0.0227. The number of halogens is 2. The van der Waals surface area contributed by atoms with Gasteiger partial charge in [0.25, 0.3) is 5.56 Å². The molecule has 0 saturated carbocycles. The topological polar surface area (TPSA) is 124 Å². The van der Waals surface area contributed by atoms with Crippen LogP contribution in [0, 0.1) is 5.82 Å². The molecule has 0 fully saturated rings. The molecule has 1 aliphatic rings. The molecule has 5 rings (SSSR count). The number of methoxy groups -OCH3 is 2. The molecule has 50 heavy (non-hydrogen) atoms. The summed E-state index contributed by atoms with van der Waals surface area (Å²) in [5.74, 6) is -0.237. The second-order valence-corrected chi connectivity index (χ2v) is 12.6. The number of hydrogen-bond acceptors (Lipinski definition) is 11. The number of benzene rings is 3. The summed E-state index contributed by atoms with van der Waals surface area (Å²) in [4.78, 5) is 44.3. The molecule has 0 aliphatic carbocycles. The van der Waals surface area contributed by atoms with Gasteiger partial charge in [0.1, 0.15) is 12.4 Å². The number of thiazole rings is 1. The summed E-state index contributed by atoms with van der Waals surface area (Å²) in [6.45, 7) is 5.23. The van der Waals surface area contributed by atoms with Crippen molar-refractivity contribution in [1.29, 1.82) is 0 Å². The Hall–Kier alpha value is -4.95. The van der Waals surface area contributed by atoms with Crippen LogP contribution >= 0.6 is 27.3 Å². The Morgan fingerprint density at radius 1 is 1.00 bits per heavy atom. The van der Waals surface area contributed by atoms with Crippen LogP contribution in [0.15, 0.2) is 80.1 Å². The molecule has 4 aromatic rings. The molecular weight excluding hydrogens is 735 g/mol. The number of hydrogen-bond donors (Lipinski definition) is 0. The van der Waals surface area contributed by atoms with E-state index in [-0.39, 0.29) is 43.6 Å². The fourth-order valence-electron chi connectivity index (χ4n) is 5.26. The molecule has 2 heterocycles. The highest BCUT2D eigenvalue weighted by Crippen LogP contribution is 2.38. The van der Waals surface area contributed by atoms with Crippen LogP contribution in [0.3, 0.4) is 0 Å². The minimum atomic E-state index is -0.920. The number of rotatable bonds is 13. The van der Waals surface area contributed by atoms with Crippen molar-refractivity contribution in [3.8, 4) is 23.0 Å². The molecule has 0 saturated heterocycles. The van der Waals surface area contributed by atoms with Crippen molar-refractivity contribution in [1.82, 2.24) is 4.57 Å². The first-order chi connectivity index (χ1) is 24.1. The smallest absolute Gasteiger partial charge is 0.343 e. The van der Waals surface area contributed by atoms with Crippen LogP contribution in [0.1, 0.15) is 43.5 Å². The van der Waals surface area contributed by atoms with Gasteiger partial charge in [0.05, 0.1) is 53.8 Å². The summed E-state index contributed by atoms with van der Waals surface area (Å²) in [7, 11) is 2.74. The van der Waals surface area contributed by atoms with Gasteiger partial charge < -0.3 is 28.4 Å². The molecule has 1 atom stereocenters. The van der Waals surface area contributed by atoms with Gasteiger partial charge in [0, 0.05) is 5.56 Å². The van der Waals surface area contributed by atoms with Gasteiger partial charge in [0.2, 0.25) is 0 Å². The SMILES string of the molecule is CCOC(=O)C1=C(C)N=c2s/c(=C\c3cc(Br)c(OCc4ccccc4F)c(OC)c3)c(=O)n2[C@H]1c1ccc(OCC(=O)OC)c(OCC)c1. The Bertz CT molecular complexity index is 2140. The van der Waals surface area contributed by atoms with E-state index < -0.39 is 23.5 Å². The number of ether oxygens (including phenoxy) is 6. The first-order valence-electron chi connectivity index (χ1n) is 15.5. The average molecular weight is 770 g/mol. The van der Waals surface area contributed by atoms with Gasteiger partial charge in [-0.3, -0.25) is 9.36 Å². The van der Waals surface area contributed by atoms with Gasteiger partial charge in [0.15, 0.2) is 34.4 Å². The van der Waals surface area contributed by atoms with Crippen LogP contribution in [0.4, 0.5) is 4.39 Å². The van der Waals surface area contributed by atoms with Gasteiger partial charge in [-0.2, -0.15) is 0 Å². The van der Waals surface area contributed by atoms with Crippen LogP contribution < -0.4 is 33.8 Å². The Morgan fingerprint density at radius 2 is 1.78 bits per heavy atom. The van der Waals surface area contributed by atoms with Crippen molar-refractivity contribution in [3.63, 3.8) is 0 Å². The van der Waals surface area contributed by atoms with E-state index in [0.717, 1.165) is 11.3 Å². The van der Waals surface area contributed by atoms with E-state index in [2.05, 4.69) is 25.7 Å². The van der Waals surface area contributed by atoms with Crippen LogP contribution in [-0.2, 0) is 25.7 Å². The van der Waals surface area contributed by atoms with Crippen LogP contribution in [0.2, 0.25) is 0 Å². The standard InChI is InChI=1S/C36H34BrFN2O9S/c1-6-46-27-17-22(12-13-26(27)48-19-30(41)45-5)32-31(35(43)47-7-2)20(3)39-36-40(32)34(42)29(50-36)16-21-14-24(37)33(28(15-21)44-4)49-18-23-10-8-9-11-25(23)38/h8-17,32H,6-7,18-19H2,1-5H3/b29-16-/t32-/m0/s1.